The Morgan fingerprint density at radius 3 is 2.83 bits per heavy atom. The Morgan fingerprint density at radius 2 is 2.28 bits per heavy atom. The van der Waals surface area contributed by atoms with E-state index in [1.54, 1.807) is 0 Å². The molecule has 1 aromatic heterocycles. The van der Waals surface area contributed by atoms with Crippen LogP contribution in [0.2, 0.25) is 0 Å². The largest absolute Gasteiger partial charge is 0.363 e. The van der Waals surface area contributed by atoms with Crippen LogP contribution < -0.4 is 5.32 Å². The van der Waals surface area contributed by atoms with Gasteiger partial charge in [0.05, 0.1) is 16.7 Å². The fraction of sp³-hybridized carbons (Fsp3) is 0.667. The SMILES string of the molecule is CCCCNC(=S)N(C)Cc1nn(CC)cc1Br. The molecule has 1 N–H and O–H groups in total. The Kier molecular flexibility index (Phi) is 6.63. The summed E-state index contributed by atoms with van der Waals surface area (Å²) in [7, 11) is 1.98. The lowest BCUT2D eigenvalue weighted by atomic mass is 10.3. The summed E-state index contributed by atoms with van der Waals surface area (Å²) >= 11 is 8.86. The van der Waals surface area contributed by atoms with Gasteiger partial charge in [0.2, 0.25) is 0 Å². The van der Waals surface area contributed by atoms with Gasteiger partial charge in [0.1, 0.15) is 0 Å². The third-order valence-corrected chi connectivity index (χ3v) is 3.77. The van der Waals surface area contributed by atoms with Gasteiger partial charge in [0.25, 0.3) is 0 Å². The van der Waals surface area contributed by atoms with Crippen LogP contribution in [-0.4, -0.2) is 33.4 Å². The topological polar surface area (TPSA) is 33.1 Å². The molecule has 0 radical (unpaired) electrons. The van der Waals surface area contributed by atoms with E-state index < -0.39 is 0 Å². The lowest BCUT2D eigenvalue weighted by molar-refractivity contribution is 0.473. The number of aryl methyl sites for hydroxylation is 1. The molecule has 0 saturated heterocycles. The Hall–Kier alpha value is -0.620. The molecule has 6 heteroatoms. The van der Waals surface area contributed by atoms with Crippen LogP contribution in [0.5, 0.6) is 0 Å². The Morgan fingerprint density at radius 1 is 1.56 bits per heavy atom. The van der Waals surface area contributed by atoms with Gasteiger partial charge >= 0.3 is 0 Å². The molecule has 0 bridgehead atoms. The minimum absolute atomic E-state index is 0.714. The van der Waals surface area contributed by atoms with Crippen LogP contribution >= 0.6 is 28.1 Å². The molecule has 1 rings (SSSR count). The van der Waals surface area contributed by atoms with Crippen molar-refractivity contribution in [2.75, 3.05) is 13.6 Å². The summed E-state index contributed by atoms with van der Waals surface area (Å²) in [5.41, 5.74) is 1.01. The molecule has 0 aromatic carbocycles. The van der Waals surface area contributed by atoms with Gasteiger partial charge in [-0.15, -0.1) is 0 Å². The van der Waals surface area contributed by atoms with Crippen molar-refractivity contribution in [3.05, 3.63) is 16.4 Å². The first-order valence-corrected chi connectivity index (χ1v) is 7.49. The summed E-state index contributed by atoms with van der Waals surface area (Å²) in [5.74, 6) is 0. The van der Waals surface area contributed by atoms with Crippen molar-refractivity contribution in [3.63, 3.8) is 0 Å². The molecule has 0 aliphatic carbocycles. The van der Waals surface area contributed by atoms with Crippen molar-refractivity contribution in [1.82, 2.24) is 20.0 Å². The van der Waals surface area contributed by atoms with Crippen molar-refractivity contribution in [3.8, 4) is 0 Å². The van der Waals surface area contributed by atoms with Gasteiger partial charge in [0.15, 0.2) is 5.11 Å². The highest BCUT2D eigenvalue weighted by Gasteiger charge is 2.10. The molecule has 0 atom stereocenters. The molecule has 4 nitrogen and oxygen atoms in total. The summed E-state index contributed by atoms with van der Waals surface area (Å²) in [6.07, 6.45) is 4.31. The first kappa shape index (κ1) is 15.4. The molecular weight excluding hydrogens is 312 g/mol. The van der Waals surface area contributed by atoms with Crippen LogP contribution in [0.1, 0.15) is 32.4 Å². The van der Waals surface area contributed by atoms with E-state index in [0.29, 0.717) is 6.54 Å². The first-order chi connectivity index (χ1) is 8.58. The number of nitrogens with zero attached hydrogens (tertiary/aromatic N) is 3. The second-order valence-corrected chi connectivity index (χ2v) is 5.46. The van der Waals surface area contributed by atoms with Crippen LogP contribution in [0.3, 0.4) is 0 Å². The maximum Gasteiger partial charge on any atom is 0.169 e. The zero-order valence-corrected chi connectivity index (χ0v) is 13.6. The molecular formula is C12H21BrN4S. The van der Waals surface area contributed by atoms with Gasteiger partial charge in [-0.2, -0.15) is 5.10 Å². The minimum atomic E-state index is 0.714. The lowest BCUT2D eigenvalue weighted by Gasteiger charge is -2.20. The maximum atomic E-state index is 5.33. The van der Waals surface area contributed by atoms with Crippen molar-refractivity contribution in [2.24, 2.45) is 0 Å². The minimum Gasteiger partial charge on any atom is -0.363 e. The number of nitrogens with one attached hydrogen (secondary N) is 1. The van der Waals surface area contributed by atoms with Crippen molar-refractivity contribution >= 4 is 33.3 Å². The molecule has 1 heterocycles. The average Bonchev–Trinajstić information content (AvgIpc) is 2.70. The van der Waals surface area contributed by atoms with Crippen LogP contribution in [0.15, 0.2) is 10.7 Å². The molecule has 1 aromatic rings. The molecule has 0 saturated carbocycles. The van der Waals surface area contributed by atoms with Gasteiger partial charge in [-0.3, -0.25) is 4.68 Å². The van der Waals surface area contributed by atoms with Crippen LogP contribution in [0, 0.1) is 0 Å². The molecule has 0 aliphatic heterocycles. The molecule has 0 aliphatic rings. The van der Waals surface area contributed by atoms with Crippen LogP contribution in [-0.2, 0) is 13.1 Å². The predicted octanol–water partition coefficient (Wildman–Crippen LogP) is 2.77. The van der Waals surface area contributed by atoms with Crippen molar-refractivity contribution in [1.29, 1.82) is 0 Å². The molecule has 0 fully saturated rings. The number of thiocarbonyl (C=S) groups is 1. The summed E-state index contributed by atoms with van der Waals surface area (Å²) in [4.78, 5) is 2.01. The summed E-state index contributed by atoms with van der Waals surface area (Å²) in [6, 6.07) is 0. The lowest BCUT2D eigenvalue weighted by Crippen LogP contribution is -2.37. The standard InChI is InChI=1S/C12H21BrN4S/c1-4-6-7-14-12(18)16(3)9-11-10(13)8-17(5-2)15-11/h8H,4-7,9H2,1-3H3,(H,14,18). The van der Waals surface area contributed by atoms with Crippen molar-refractivity contribution < 1.29 is 0 Å². The van der Waals surface area contributed by atoms with Crippen molar-refractivity contribution in [2.45, 2.75) is 39.8 Å². The Bertz CT molecular complexity index is 391. The normalized spacial score (nSPS) is 10.4. The zero-order valence-electron chi connectivity index (χ0n) is 11.2. The number of aromatic nitrogens is 2. The maximum absolute atomic E-state index is 5.33. The predicted molar refractivity (Wildman–Crippen MR) is 82.6 cm³/mol. The van der Waals surface area contributed by atoms with E-state index in [1.807, 2.05) is 22.8 Å². The van der Waals surface area contributed by atoms with Crippen LogP contribution in [0.25, 0.3) is 0 Å². The van der Waals surface area contributed by atoms with Gasteiger partial charge in [-0.25, -0.2) is 0 Å². The third kappa shape index (κ3) is 4.57. The molecule has 18 heavy (non-hydrogen) atoms. The number of hydrogen-bond acceptors (Lipinski definition) is 2. The van der Waals surface area contributed by atoms with E-state index in [1.165, 1.54) is 6.42 Å². The second-order valence-electron chi connectivity index (χ2n) is 4.22. The average molecular weight is 333 g/mol. The fourth-order valence-corrected chi connectivity index (χ4v) is 2.12. The summed E-state index contributed by atoms with van der Waals surface area (Å²) in [5, 5.41) is 8.52. The van der Waals surface area contributed by atoms with E-state index in [0.717, 1.165) is 34.8 Å². The summed E-state index contributed by atoms with van der Waals surface area (Å²) < 4.78 is 2.95. The van der Waals surface area contributed by atoms with E-state index >= 15 is 0 Å². The number of halogens is 1. The van der Waals surface area contributed by atoms with Gasteiger partial charge < -0.3 is 10.2 Å². The van der Waals surface area contributed by atoms with Crippen LogP contribution in [0.4, 0.5) is 0 Å². The zero-order chi connectivity index (χ0) is 13.5. The molecule has 0 unspecified atom stereocenters. The number of hydrogen-bond donors (Lipinski definition) is 1. The monoisotopic (exact) mass is 332 g/mol. The first-order valence-electron chi connectivity index (χ1n) is 6.29. The highest BCUT2D eigenvalue weighted by atomic mass is 79.9. The van der Waals surface area contributed by atoms with E-state index in [4.69, 9.17) is 12.2 Å². The quantitative estimate of drug-likeness (QED) is 0.641. The third-order valence-electron chi connectivity index (χ3n) is 2.65. The smallest absolute Gasteiger partial charge is 0.169 e. The highest BCUT2D eigenvalue weighted by molar-refractivity contribution is 9.10. The van der Waals surface area contributed by atoms with E-state index in [-0.39, 0.29) is 0 Å². The molecule has 0 amide bonds. The number of rotatable bonds is 6. The Balaban J connectivity index is 2.49. The Labute approximate surface area is 123 Å². The molecule has 0 spiro atoms. The van der Waals surface area contributed by atoms with E-state index in [9.17, 15) is 0 Å². The van der Waals surface area contributed by atoms with Gasteiger partial charge in [-0.1, -0.05) is 13.3 Å². The number of unbranched alkanes of at least 4 members (excludes halogenated alkanes) is 1. The molecule has 102 valence electrons. The second kappa shape index (κ2) is 7.74. The highest BCUT2D eigenvalue weighted by Crippen LogP contribution is 2.16. The van der Waals surface area contributed by atoms with E-state index in [2.05, 4.69) is 40.2 Å². The summed E-state index contributed by atoms with van der Waals surface area (Å²) in [6.45, 7) is 6.77. The van der Waals surface area contributed by atoms with Gasteiger partial charge in [-0.05, 0) is 41.5 Å². The van der Waals surface area contributed by atoms with Gasteiger partial charge in [0, 0.05) is 26.3 Å². The fourth-order valence-electron chi connectivity index (χ4n) is 1.51.